The number of fused-ring (bicyclic) bond motifs is 1. The van der Waals surface area contributed by atoms with Crippen LogP contribution in [0.2, 0.25) is 5.02 Å². The van der Waals surface area contributed by atoms with Gasteiger partial charge in [0.2, 0.25) is 0 Å². The van der Waals surface area contributed by atoms with Gasteiger partial charge in [0.25, 0.3) is 0 Å². The van der Waals surface area contributed by atoms with E-state index in [0.717, 1.165) is 23.3 Å². The van der Waals surface area contributed by atoms with Crippen LogP contribution in [-0.4, -0.2) is 11.4 Å². The lowest BCUT2D eigenvalue weighted by atomic mass is 9.95. The zero-order valence-electron chi connectivity index (χ0n) is 12.4. The maximum absolute atomic E-state index is 12.7. The van der Waals surface area contributed by atoms with Gasteiger partial charge in [0, 0.05) is 22.6 Å². The van der Waals surface area contributed by atoms with E-state index in [4.69, 9.17) is 16.3 Å². The van der Waals surface area contributed by atoms with Gasteiger partial charge in [-0.15, -0.1) is 0 Å². The third-order valence-corrected chi connectivity index (χ3v) is 4.25. The molecule has 1 heterocycles. The van der Waals surface area contributed by atoms with Crippen LogP contribution in [0, 0.1) is 6.92 Å². The van der Waals surface area contributed by atoms with E-state index in [-0.39, 0.29) is 11.4 Å². The average molecular weight is 301 g/mol. The van der Waals surface area contributed by atoms with Crippen molar-refractivity contribution in [2.45, 2.75) is 32.8 Å². The Hall–Kier alpha value is -1.80. The summed E-state index contributed by atoms with van der Waals surface area (Å²) in [5.74, 6) is 0.877. The number of hydrogen-bond acceptors (Lipinski definition) is 2. The molecule has 0 saturated heterocycles. The summed E-state index contributed by atoms with van der Waals surface area (Å²) in [6, 6.07) is 11.1. The molecule has 0 bridgehead atoms. The van der Waals surface area contributed by atoms with Crippen molar-refractivity contribution in [2.24, 2.45) is 0 Å². The van der Waals surface area contributed by atoms with Crippen molar-refractivity contribution in [3.05, 3.63) is 63.7 Å². The van der Waals surface area contributed by atoms with Gasteiger partial charge in [0.05, 0.1) is 0 Å². The van der Waals surface area contributed by atoms with Crippen molar-refractivity contribution in [1.82, 2.24) is 0 Å². The lowest BCUT2D eigenvalue weighted by Gasteiger charge is -2.16. The van der Waals surface area contributed by atoms with E-state index in [1.807, 2.05) is 37.3 Å². The Morgan fingerprint density at radius 1 is 1.24 bits per heavy atom. The highest BCUT2D eigenvalue weighted by Gasteiger charge is 2.30. The Kier molecular flexibility index (Phi) is 3.29. The first kappa shape index (κ1) is 14.2. The molecular weight excluding hydrogens is 284 g/mol. The molecule has 0 atom stereocenters. The van der Waals surface area contributed by atoms with Crippen LogP contribution >= 0.6 is 11.6 Å². The molecule has 1 aliphatic rings. The summed E-state index contributed by atoms with van der Waals surface area (Å²) >= 11 is 6.10. The van der Waals surface area contributed by atoms with Gasteiger partial charge < -0.3 is 4.74 Å². The smallest absolute Gasteiger partial charge is 0.193 e. The number of carbonyl (C=O) groups is 1. The summed E-state index contributed by atoms with van der Waals surface area (Å²) in [5, 5.41) is 0.617. The van der Waals surface area contributed by atoms with Gasteiger partial charge >= 0.3 is 0 Å². The van der Waals surface area contributed by atoms with Crippen molar-refractivity contribution in [2.75, 3.05) is 0 Å². The summed E-state index contributed by atoms with van der Waals surface area (Å²) in [5.41, 5.74) is 3.04. The third-order valence-electron chi connectivity index (χ3n) is 3.84. The summed E-state index contributed by atoms with van der Waals surface area (Å²) in [6.07, 6.45) is 0.817. The summed E-state index contributed by atoms with van der Waals surface area (Å²) < 4.78 is 5.85. The van der Waals surface area contributed by atoms with Gasteiger partial charge in [-0.1, -0.05) is 23.7 Å². The van der Waals surface area contributed by atoms with Crippen LogP contribution in [0.3, 0.4) is 0 Å². The van der Waals surface area contributed by atoms with Crippen molar-refractivity contribution >= 4 is 17.4 Å². The Morgan fingerprint density at radius 2 is 2.00 bits per heavy atom. The standard InChI is InChI=1S/C18H17ClO2/c1-11-14(5-4-6-15(11)19)17(20)12-7-8-16-13(9-12)10-18(2,3)21-16/h4-9H,10H2,1-3H3. The summed E-state index contributed by atoms with van der Waals surface area (Å²) in [7, 11) is 0. The van der Waals surface area contributed by atoms with E-state index in [1.165, 1.54) is 0 Å². The minimum atomic E-state index is -0.198. The molecule has 21 heavy (non-hydrogen) atoms. The quantitative estimate of drug-likeness (QED) is 0.758. The van der Waals surface area contributed by atoms with E-state index in [1.54, 1.807) is 6.07 Å². The number of benzene rings is 2. The minimum Gasteiger partial charge on any atom is -0.487 e. The maximum atomic E-state index is 12.7. The molecular formula is C18H17ClO2. The van der Waals surface area contributed by atoms with Crippen LogP contribution in [0.4, 0.5) is 0 Å². The lowest BCUT2D eigenvalue weighted by molar-refractivity contribution is 0.103. The van der Waals surface area contributed by atoms with Gasteiger partial charge in [0.15, 0.2) is 5.78 Å². The number of rotatable bonds is 2. The van der Waals surface area contributed by atoms with Gasteiger partial charge in [-0.2, -0.15) is 0 Å². The predicted octanol–water partition coefficient (Wildman–Crippen LogP) is 4.59. The number of ether oxygens (including phenoxy) is 1. The fraction of sp³-hybridized carbons (Fsp3) is 0.278. The number of hydrogen-bond donors (Lipinski definition) is 0. The summed E-state index contributed by atoms with van der Waals surface area (Å²) in [6.45, 7) is 5.97. The minimum absolute atomic E-state index is 0.00232. The van der Waals surface area contributed by atoms with Crippen molar-refractivity contribution in [1.29, 1.82) is 0 Å². The van der Waals surface area contributed by atoms with E-state index in [2.05, 4.69) is 13.8 Å². The Balaban J connectivity index is 1.99. The largest absolute Gasteiger partial charge is 0.487 e. The lowest BCUT2D eigenvalue weighted by Crippen LogP contribution is -2.24. The number of ketones is 1. The molecule has 108 valence electrons. The van der Waals surface area contributed by atoms with Gasteiger partial charge in [-0.3, -0.25) is 4.79 Å². The molecule has 0 aliphatic carbocycles. The Bertz CT molecular complexity index is 732. The second-order valence-electron chi connectivity index (χ2n) is 6.10. The van der Waals surface area contributed by atoms with Crippen LogP contribution in [0.25, 0.3) is 0 Å². The molecule has 1 aliphatic heterocycles. The molecule has 2 nitrogen and oxygen atoms in total. The monoisotopic (exact) mass is 300 g/mol. The molecule has 0 spiro atoms. The molecule has 0 radical (unpaired) electrons. The van der Waals surface area contributed by atoms with Crippen LogP contribution in [0.1, 0.15) is 40.9 Å². The van der Waals surface area contributed by atoms with Crippen LogP contribution in [0.15, 0.2) is 36.4 Å². The Morgan fingerprint density at radius 3 is 2.76 bits per heavy atom. The topological polar surface area (TPSA) is 26.3 Å². The third kappa shape index (κ3) is 2.56. The summed E-state index contributed by atoms with van der Waals surface area (Å²) in [4.78, 5) is 12.7. The van der Waals surface area contributed by atoms with Gasteiger partial charge in [-0.05, 0) is 56.2 Å². The highest BCUT2D eigenvalue weighted by atomic mass is 35.5. The maximum Gasteiger partial charge on any atom is 0.193 e. The predicted molar refractivity (Wildman–Crippen MR) is 84.5 cm³/mol. The second-order valence-corrected chi connectivity index (χ2v) is 6.51. The number of carbonyl (C=O) groups excluding carboxylic acids is 1. The zero-order chi connectivity index (χ0) is 15.2. The molecule has 0 amide bonds. The number of halogens is 1. The fourth-order valence-corrected chi connectivity index (χ4v) is 2.93. The molecule has 3 heteroatoms. The zero-order valence-corrected chi connectivity index (χ0v) is 13.1. The van der Waals surface area contributed by atoms with Crippen LogP contribution in [-0.2, 0) is 6.42 Å². The molecule has 0 saturated carbocycles. The van der Waals surface area contributed by atoms with E-state index in [9.17, 15) is 4.79 Å². The first-order valence-electron chi connectivity index (χ1n) is 6.99. The first-order chi connectivity index (χ1) is 9.87. The first-order valence-corrected chi connectivity index (χ1v) is 7.37. The molecule has 0 N–H and O–H groups in total. The van der Waals surface area contributed by atoms with Crippen molar-refractivity contribution in [3.63, 3.8) is 0 Å². The fourth-order valence-electron chi connectivity index (χ4n) is 2.76. The van der Waals surface area contributed by atoms with Crippen LogP contribution < -0.4 is 4.74 Å². The normalized spacial score (nSPS) is 15.4. The van der Waals surface area contributed by atoms with Crippen molar-refractivity contribution < 1.29 is 9.53 Å². The van der Waals surface area contributed by atoms with E-state index >= 15 is 0 Å². The molecule has 0 fully saturated rings. The van der Waals surface area contributed by atoms with E-state index in [0.29, 0.717) is 16.1 Å². The van der Waals surface area contributed by atoms with Crippen molar-refractivity contribution in [3.8, 4) is 5.75 Å². The molecule has 3 rings (SSSR count). The molecule has 2 aromatic rings. The highest BCUT2D eigenvalue weighted by Crippen LogP contribution is 2.35. The SMILES string of the molecule is Cc1c(Cl)cccc1C(=O)c1ccc2c(c1)CC(C)(C)O2. The van der Waals surface area contributed by atoms with Gasteiger partial charge in [0.1, 0.15) is 11.4 Å². The molecule has 0 aromatic heterocycles. The Labute approximate surface area is 129 Å². The van der Waals surface area contributed by atoms with E-state index < -0.39 is 0 Å². The second kappa shape index (κ2) is 4.88. The van der Waals surface area contributed by atoms with Crippen LogP contribution in [0.5, 0.6) is 5.75 Å². The average Bonchev–Trinajstić information content (AvgIpc) is 2.73. The molecule has 2 aromatic carbocycles. The highest BCUT2D eigenvalue weighted by molar-refractivity contribution is 6.32. The van der Waals surface area contributed by atoms with Gasteiger partial charge in [-0.25, -0.2) is 0 Å². The molecule has 0 unspecified atom stereocenters.